The van der Waals surface area contributed by atoms with E-state index in [0.29, 0.717) is 23.1 Å². The molecule has 0 aliphatic heterocycles. The van der Waals surface area contributed by atoms with Crippen LogP contribution in [0.5, 0.6) is 0 Å². The van der Waals surface area contributed by atoms with E-state index in [-0.39, 0.29) is 18.9 Å². The maximum atomic E-state index is 12.0. The van der Waals surface area contributed by atoms with E-state index in [4.69, 9.17) is 9.29 Å². The summed E-state index contributed by atoms with van der Waals surface area (Å²) in [5.41, 5.74) is -0.723. The van der Waals surface area contributed by atoms with E-state index in [1.165, 1.54) is 13.8 Å². The number of rotatable bonds is 10. The predicted octanol–water partition coefficient (Wildman–Crippen LogP) is 0.355. The molecule has 0 aromatic rings. The topological polar surface area (TPSA) is 110 Å². The molecule has 0 bridgehead atoms. The molecule has 0 unspecified atom stereocenters. The lowest BCUT2D eigenvalue weighted by atomic mass is 10.1. The monoisotopic (exact) mass is 365 g/mol. The molecule has 0 radical (unpaired) electrons. The first-order valence-electron chi connectivity index (χ1n) is 7.54. The number of nitrogens with zero attached hydrogens (tertiary/aromatic N) is 1. The molecule has 9 heteroatoms. The number of hydrogen-bond donors (Lipinski definition) is 2. The molecule has 0 aliphatic rings. The van der Waals surface area contributed by atoms with Gasteiger partial charge in [0.05, 0.1) is 38.4 Å². The highest BCUT2D eigenvalue weighted by atomic mass is 32.2. The van der Waals surface area contributed by atoms with Crippen molar-refractivity contribution >= 4 is 22.0 Å². The van der Waals surface area contributed by atoms with E-state index >= 15 is 0 Å². The Hall–Kier alpha value is -1.45. The summed E-state index contributed by atoms with van der Waals surface area (Å²) in [4.78, 5) is 23.3. The van der Waals surface area contributed by atoms with Crippen molar-refractivity contribution in [2.24, 2.45) is 0 Å². The standard InChI is InChI=1S/C15H28N2O6S/c1-12(2)14(19)23-10-9-17(5,6)8-7-13(18)16-15(3,4)11-24(20,21)22/h1,7-11H2,2-6H3,(H-,16,18,20,21,22)/p+1. The zero-order chi connectivity index (χ0) is 19.2. The maximum Gasteiger partial charge on any atom is 0.333 e. The van der Waals surface area contributed by atoms with Crippen molar-refractivity contribution in [3.63, 3.8) is 0 Å². The number of carbonyl (C=O) groups excluding carboxylic acids is 2. The number of quaternary nitrogens is 1. The molecule has 8 nitrogen and oxygen atoms in total. The Bertz CT molecular complexity index is 581. The van der Waals surface area contributed by atoms with E-state index in [9.17, 15) is 18.0 Å². The average molecular weight is 365 g/mol. The van der Waals surface area contributed by atoms with Crippen molar-refractivity contribution in [1.29, 1.82) is 0 Å². The number of likely N-dealkylation sites (N-methyl/N-ethyl adjacent to an activating group) is 1. The first-order chi connectivity index (χ1) is 10.6. The minimum Gasteiger partial charge on any atom is -0.456 e. The van der Waals surface area contributed by atoms with Crippen molar-refractivity contribution in [2.45, 2.75) is 32.7 Å². The molecule has 0 aromatic heterocycles. The minimum atomic E-state index is -4.17. The second-order valence-electron chi connectivity index (χ2n) is 7.21. The van der Waals surface area contributed by atoms with Gasteiger partial charge in [-0.2, -0.15) is 8.42 Å². The summed E-state index contributed by atoms with van der Waals surface area (Å²) in [7, 11) is -0.384. The molecule has 0 aromatic carbocycles. The van der Waals surface area contributed by atoms with Gasteiger partial charge >= 0.3 is 5.97 Å². The van der Waals surface area contributed by atoms with E-state index in [1.54, 1.807) is 6.92 Å². The third-order valence-electron chi connectivity index (χ3n) is 3.24. The summed E-state index contributed by atoms with van der Waals surface area (Å²) in [5.74, 6) is -1.31. The molecule has 0 fully saturated rings. The maximum absolute atomic E-state index is 12.0. The van der Waals surface area contributed by atoms with Crippen molar-refractivity contribution in [1.82, 2.24) is 5.32 Å². The van der Waals surface area contributed by atoms with Gasteiger partial charge in [0.25, 0.3) is 10.1 Å². The van der Waals surface area contributed by atoms with Gasteiger partial charge in [-0.3, -0.25) is 9.35 Å². The Kier molecular flexibility index (Phi) is 8.07. The van der Waals surface area contributed by atoms with Gasteiger partial charge in [-0.05, 0) is 20.8 Å². The van der Waals surface area contributed by atoms with E-state index < -0.39 is 27.4 Å². The zero-order valence-electron chi connectivity index (χ0n) is 15.1. The van der Waals surface area contributed by atoms with Gasteiger partial charge in [0, 0.05) is 5.57 Å². The molecule has 2 N–H and O–H groups in total. The fourth-order valence-electron chi connectivity index (χ4n) is 1.96. The van der Waals surface area contributed by atoms with Gasteiger partial charge in [0.15, 0.2) is 0 Å². The highest BCUT2D eigenvalue weighted by molar-refractivity contribution is 7.85. The van der Waals surface area contributed by atoms with Crippen LogP contribution in [0.25, 0.3) is 0 Å². The van der Waals surface area contributed by atoms with Crippen molar-refractivity contribution in [2.75, 3.05) is 39.5 Å². The third kappa shape index (κ3) is 11.1. The summed E-state index contributed by atoms with van der Waals surface area (Å²) in [6, 6.07) is 0. The highest BCUT2D eigenvalue weighted by Gasteiger charge is 2.27. The van der Waals surface area contributed by atoms with Gasteiger partial charge in [-0.15, -0.1) is 0 Å². The Balaban J connectivity index is 4.32. The number of amides is 1. The number of esters is 1. The van der Waals surface area contributed by atoms with Gasteiger partial charge in [-0.25, -0.2) is 4.79 Å². The third-order valence-corrected chi connectivity index (χ3v) is 4.33. The Labute approximate surface area is 144 Å². The fraction of sp³-hybridized carbons (Fsp3) is 0.733. The SMILES string of the molecule is C=C(C)C(=O)OCC[N+](C)(C)CCC(=O)NC(C)(C)CS(=O)(=O)O. The normalized spacial score (nSPS) is 12.6. The number of nitrogens with one attached hydrogen (secondary N) is 1. The lowest BCUT2D eigenvalue weighted by molar-refractivity contribution is -0.889. The van der Waals surface area contributed by atoms with Crippen molar-refractivity contribution in [3.8, 4) is 0 Å². The van der Waals surface area contributed by atoms with E-state index in [1.807, 2.05) is 14.1 Å². The largest absolute Gasteiger partial charge is 0.456 e. The van der Waals surface area contributed by atoms with Crippen LogP contribution < -0.4 is 5.32 Å². The van der Waals surface area contributed by atoms with E-state index in [2.05, 4.69) is 11.9 Å². The smallest absolute Gasteiger partial charge is 0.333 e. The average Bonchev–Trinajstić information content (AvgIpc) is 2.32. The molecule has 0 saturated heterocycles. The van der Waals surface area contributed by atoms with Crippen LogP contribution in [0.15, 0.2) is 12.2 Å². The highest BCUT2D eigenvalue weighted by Crippen LogP contribution is 2.07. The van der Waals surface area contributed by atoms with Gasteiger partial charge in [0.2, 0.25) is 5.91 Å². The molecule has 24 heavy (non-hydrogen) atoms. The first kappa shape index (κ1) is 22.6. The van der Waals surface area contributed by atoms with Crippen LogP contribution in [0.3, 0.4) is 0 Å². The summed E-state index contributed by atoms with van der Waals surface area (Å²) in [6.07, 6.45) is 0.177. The molecule has 1 amide bonds. The number of ether oxygens (including phenoxy) is 1. The fourth-order valence-corrected chi connectivity index (χ4v) is 2.94. The van der Waals surface area contributed by atoms with Crippen LogP contribution in [-0.4, -0.2) is 74.4 Å². The molecule has 0 saturated carbocycles. The summed E-state index contributed by atoms with van der Waals surface area (Å²) >= 11 is 0. The quantitative estimate of drug-likeness (QED) is 0.250. The summed E-state index contributed by atoms with van der Waals surface area (Å²) < 4.78 is 36.2. The van der Waals surface area contributed by atoms with E-state index in [0.717, 1.165) is 0 Å². The Morgan fingerprint density at radius 1 is 1.25 bits per heavy atom. The number of hydrogen-bond acceptors (Lipinski definition) is 5. The Morgan fingerprint density at radius 3 is 2.25 bits per heavy atom. The molecule has 0 rings (SSSR count). The molecule has 0 aliphatic carbocycles. The van der Waals surface area contributed by atoms with Gasteiger partial charge in [-0.1, -0.05) is 6.58 Å². The van der Waals surface area contributed by atoms with Gasteiger partial charge < -0.3 is 14.5 Å². The number of carbonyl (C=O) groups is 2. The Morgan fingerprint density at radius 2 is 1.79 bits per heavy atom. The van der Waals surface area contributed by atoms with Crippen LogP contribution in [-0.2, 0) is 24.4 Å². The molecular formula is C15H29N2O6S+. The zero-order valence-corrected chi connectivity index (χ0v) is 15.9. The second kappa shape index (κ2) is 8.59. The molecule has 0 spiro atoms. The van der Waals surface area contributed by atoms with Crippen LogP contribution in [0.2, 0.25) is 0 Å². The van der Waals surface area contributed by atoms with Crippen molar-refractivity contribution < 1.29 is 31.8 Å². The molecule has 0 heterocycles. The van der Waals surface area contributed by atoms with Crippen LogP contribution >= 0.6 is 0 Å². The molecule has 140 valence electrons. The summed E-state index contributed by atoms with van der Waals surface area (Å²) in [5, 5.41) is 2.59. The lowest BCUT2D eigenvalue weighted by Crippen LogP contribution is -2.50. The van der Waals surface area contributed by atoms with Crippen LogP contribution in [0.1, 0.15) is 27.2 Å². The van der Waals surface area contributed by atoms with Gasteiger partial charge in [0.1, 0.15) is 13.2 Å². The van der Waals surface area contributed by atoms with Crippen LogP contribution in [0.4, 0.5) is 0 Å². The summed E-state index contributed by atoms with van der Waals surface area (Å²) in [6.45, 7) is 9.34. The van der Waals surface area contributed by atoms with Crippen LogP contribution in [0, 0.1) is 0 Å². The molecule has 0 atom stereocenters. The first-order valence-corrected chi connectivity index (χ1v) is 9.15. The lowest BCUT2D eigenvalue weighted by Gasteiger charge is -2.30. The molecular weight excluding hydrogens is 336 g/mol. The minimum absolute atomic E-state index is 0.177. The predicted molar refractivity (Wildman–Crippen MR) is 90.9 cm³/mol. The van der Waals surface area contributed by atoms with Crippen molar-refractivity contribution in [3.05, 3.63) is 12.2 Å². The second-order valence-corrected chi connectivity index (χ2v) is 8.66.